The Hall–Kier alpha value is -0.140. The van der Waals surface area contributed by atoms with Crippen LogP contribution in [0.25, 0.3) is 0 Å². The van der Waals surface area contributed by atoms with Gasteiger partial charge in [0.05, 0.1) is 0 Å². The van der Waals surface area contributed by atoms with E-state index in [4.69, 9.17) is 10.8 Å². The van der Waals surface area contributed by atoms with E-state index in [-0.39, 0.29) is 0 Å². The molecular weight excluding hydrogens is 149 g/mol. The van der Waals surface area contributed by atoms with Gasteiger partial charge < -0.3 is 10.8 Å². The van der Waals surface area contributed by atoms with Crippen molar-refractivity contribution in [2.45, 2.75) is 31.5 Å². The van der Waals surface area contributed by atoms with E-state index in [0.717, 1.165) is 6.42 Å². The number of nitrogens with two attached hydrogens (primary N) is 1. The van der Waals surface area contributed by atoms with Crippen molar-refractivity contribution in [3.63, 3.8) is 0 Å². The number of aliphatic carboxylic acids is 1. The van der Waals surface area contributed by atoms with Crippen LogP contribution in [0, 0.1) is 0 Å². The van der Waals surface area contributed by atoms with E-state index in [2.05, 4.69) is 9.24 Å². The summed E-state index contributed by atoms with van der Waals surface area (Å²) in [5.41, 5.74) is 5.61. The van der Waals surface area contributed by atoms with Crippen LogP contribution < -0.4 is 5.73 Å². The van der Waals surface area contributed by atoms with Gasteiger partial charge in [-0.05, 0) is 18.5 Å². The Balaban J connectivity index is 3.56. The maximum Gasteiger partial charge on any atom is 0.320 e. The molecule has 4 heteroatoms. The third-order valence-corrected chi connectivity index (χ3v) is 2.14. The number of rotatable bonds is 4. The Labute approximate surface area is 63.2 Å². The summed E-state index contributed by atoms with van der Waals surface area (Å²) in [6.07, 6.45) is 1.49. The predicted octanol–water partition coefficient (Wildman–Crippen LogP) is 0.442. The lowest BCUT2D eigenvalue weighted by Crippen LogP contribution is -2.32. The lowest BCUT2D eigenvalue weighted by molar-refractivity contribution is -0.138. The van der Waals surface area contributed by atoms with Gasteiger partial charge in [0, 0.05) is 0 Å². The van der Waals surface area contributed by atoms with Crippen molar-refractivity contribution < 1.29 is 9.90 Å². The van der Waals surface area contributed by atoms with Crippen LogP contribution in [0.4, 0.5) is 0 Å². The zero-order chi connectivity index (χ0) is 8.15. The van der Waals surface area contributed by atoms with E-state index in [1.807, 2.05) is 6.92 Å². The molecule has 0 fully saturated rings. The van der Waals surface area contributed by atoms with Crippen LogP contribution in [0.3, 0.4) is 0 Å². The molecule has 0 aromatic heterocycles. The van der Waals surface area contributed by atoms with Gasteiger partial charge in [-0.3, -0.25) is 4.79 Å². The van der Waals surface area contributed by atoms with Crippen LogP contribution in [0.1, 0.15) is 19.8 Å². The van der Waals surface area contributed by atoms with Crippen molar-refractivity contribution in [1.29, 1.82) is 0 Å². The van der Waals surface area contributed by atoms with Crippen molar-refractivity contribution in [1.82, 2.24) is 0 Å². The van der Waals surface area contributed by atoms with E-state index in [9.17, 15) is 4.79 Å². The smallest absolute Gasteiger partial charge is 0.320 e. The first-order chi connectivity index (χ1) is 4.57. The second-order valence-corrected chi connectivity index (χ2v) is 3.29. The van der Waals surface area contributed by atoms with E-state index >= 15 is 0 Å². The first-order valence-corrected chi connectivity index (χ1v) is 3.98. The second kappa shape index (κ2) is 4.64. The molecule has 0 heterocycles. The molecule has 10 heavy (non-hydrogen) atoms. The van der Waals surface area contributed by atoms with Crippen molar-refractivity contribution in [3.8, 4) is 0 Å². The number of carbonyl (C=O) groups is 1. The Morgan fingerprint density at radius 1 is 1.80 bits per heavy atom. The lowest BCUT2D eigenvalue weighted by Gasteiger charge is -2.10. The summed E-state index contributed by atoms with van der Waals surface area (Å²) in [6, 6.07) is -0.706. The summed E-state index contributed by atoms with van der Waals surface area (Å²) < 4.78 is 0. The van der Waals surface area contributed by atoms with Gasteiger partial charge in [0.25, 0.3) is 0 Å². The Morgan fingerprint density at radius 2 is 2.30 bits per heavy atom. The first-order valence-electron chi connectivity index (χ1n) is 3.31. The van der Waals surface area contributed by atoms with Crippen molar-refractivity contribution in [2.75, 3.05) is 0 Å². The van der Waals surface area contributed by atoms with Crippen LogP contribution in [0.5, 0.6) is 0 Å². The fourth-order valence-corrected chi connectivity index (χ4v) is 0.887. The van der Waals surface area contributed by atoms with E-state index in [1.165, 1.54) is 0 Å². The van der Waals surface area contributed by atoms with Gasteiger partial charge in [0.2, 0.25) is 0 Å². The fourth-order valence-electron chi connectivity index (χ4n) is 0.594. The molecule has 0 aliphatic carbocycles. The molecule has 0 rings (SSSR count). The minimum Gasteiger partial charge on any atom is -0.480 e. The maximum atomic E-state index is 10.2. The van der Waals surface area contributed by atoms with Crippen molar-refractivity contribution in [3.05, 3.63) is 0 Å². The van der Waals surface area contributed by atoms with Crippen LogP contribution in [0.15, 0.2) is 0 Å². The summed E-state index contributed by atoms with van der Waals surface area (Å²) in [6.45, 7) is 2.01. The summed E-state index contributed by atoms with van der Waals surface area (Å²) in [7, 11) is 2.58. The minimum absolute atomic E-state index is 0.325. The van der Waals surface area contributed by atoms with Gasteiger partial charge in [-0.2, -0.15) is 0 Å². The van der Waals surface area contributed by atoms with E-state index in [0.29, 0.717) is 12.1 Å². The molecule has 3 nitrogen and oxygen atoms in total. The summed E-state index contributed by atoms with van der Waals surface area (Å²) >= 11 is 0. The first kappa shape index (κ1) is 9.86. The average molecular weight is 163 g/mol. The highest BCUT2D eigenvalue weighted by Crippen LogP contribution is 2.10. The Morgan fingerprint density at radius 3 is 2.60 bits per heavy atom. The molecule has 0 spiro atoms. The number of hydrogen-bond acceptors (Lipinski definition) is 2. The molecule has 3 unspecified atom stereocenters. The van der Waals surface area contributed by atoms with Crippen LogP contribution >= 0.6 is 9.24 Å². The number of hydrogen-bond donors (Lipinski definition) is 2. The molecule has 3 N–H and O–H groups in total. The third-order valence-electron chi connectivity index (χ3n) is 1.40. The molecule has 0 bridgehead atoms. The fraction of sp³-hybridized carbons (Fsp3) is 0.833. The number of carboxylic acid groups (broad SMARTS) is 1. The summed E-state index contributed by atoms with van der Waals surface area (Å²) in [5, 5.41) is 8.39. The topological polar surface area (TPSA) is 63.3 Å². The summed E-state index contributed by atoms with van der Waals surface area (Å²) in [4.78, 5) is 10.2. The van der Waals surface area contributed by atoms with Crippen LogP contribution in [0.2, 0.25) is 0 Å². The van der Waals surface area contributed by atoms with Gasteiger partial charge in [0.15, 0.2) is 0 Å². The highest BCUT2D eigenvalue weighted by Gasteiger charge is 2.13. The van der Waals surface area contributed by atoms with E-state index < -0.39 is 12.0 Å². The maximum absolute atomic E-state index is 10.2. The number of carboxylic acids is 1. The minimum atomic E-state index is -0.916. The molecule has 0 aliphatic rings. The molecule has 0 aromatic rings. The average Bonchev–Trinajstić information content (AvgIpc) is 1.87. The molecule has 0 amide bonds. The molecule has 3 atom stereocenters. The highest BCUT2D eigenvalue weighted by molar-refractivity contribution is 7.17. The lowest BCUT2D eigenvalue weighted by atomic mass is 10.1. The third kappa shape index (κ3) is 3.80. The van der Waals surface area contributed by atoms with Gasteiger partial charge in [-0.25, -0.2) is 0 Å². The van der Waals surface area contributed by atoms with Crippen LogP contribution in [-0.2, 0) is 4.79 Å². The molecular formula is C6H14NO2P. The van der Waals surface area contributed by atoms with Crippen LogP contribution in [-0.4, -0.2) is 22.8 Å². The van der Waals surface area contributed by atoms with Crippen molar-refractivity contribution in [2.24, 2.45) is 5.73 Å². The van der Waals surface area contributed by atoms with Gasteiger partial charge >= 0.3 is 5.97 Å². The molecule has 0 saturated carbocycles. The Kier molecular flexibility index (Phi) is 4.58. The van der Waals surface area contributed by atoms with Crippen molar-refractivity contribution >= 4 is 15.2 Å². The monoisotopic (exact) mass is 163 g/mol. The Bertz CT molecular complexity index is 118. The zero-order valence-corrected chi connectivity index (χ0v) is 7.23. The van der Waals surface area contributed by atoms with Gasteiger partial charge in [-0.1, -0.05) is 6.92 Å². The van der Waals surface area contributed by atoms with E-state index in [1.54, 1.807) is 0 Å². The normalized spacial score (nSPS) is 16.3. The molecule has 0 aromatic carbocycles. The highest BCUT2D eigenvalue weighted by atomic mass is 31.0. The largest absolute Gasteiger partial charge is 0.480 e. The molecule has 0 saturated heterocycles. The summed E-state index contributed by atoms with van der Waals surface area (Å²) in [5.74, 6) is -0.916. The predicted molar refractivity (Wildman–Crippen MR) is 44.0 cm³/mol. The molecule has 0 radical (unpaired) electrons. The molecule has 60 valence electrons. The van der Waals surface area contributed by atoms with Gasteiger partial charge in [0.1, 0.15) is 6.04 Å². The quantitative estimate of drug-likeness (QED) is 0.591. The molecule has 0 aliphatic heterocycles. The van der Waals surface area contributed by atoms with Gasteiger partial charge in [-0.15, -0.1) is 9.24 Å². The standard InChI is InChI=1S/C6H14NO2P/c1-2-4(10)3-5(7)6(8)9/h4-5H,2-3,7,10H2,1H3,(H,8,9). The SMILES string of the molecule is CCC(P)CC(N)C(=O)O. The zero-order valence-electron chi connectivity index (χ0n) is 6.08. The second-order valence-electron chi connectivity index (χ2n) is 2.35.